The number of fused-ring (bicyclic) bond motifs is 1. The van der Waals surface area contributed by atoms with Gasteiger partial charge >= 0.3 is 11.9 Å². The zero-order valence-electron chi connectivity index (χ0n) is 11.6. The number of carbonyl (C=O) groups excluding carboxylic acids is 2. The lowest BCUT2D eigenvalue weighted by Crippen LogP contribution is -2.11. The molecule has 0 saturated heterocycles. The van der Waals surface area contributed by atoms with Gasteiger partial charge in [0.05, 0.1) is 14.2 Å². The summed E-state index contributed by atoms with van der Waals surface area (Å²) in [5.74, 6) is -0.625. The molecule has 0 saturated carbocycles. The minimum Gasteiger partial charge on any atom is -0.469 e. The molecule has 0 aliphatic rings. The highest BCUT2D eigenvalue weighted by molar-refractivity contribution is 5.95. The smallest absolute Gasteiger partial charge is 0.354 e. The molecule has 0 unspecified atom stereocenters. The summed E-state index contributed by atoms with van der Waals surface area (Å²) in [7, 11) is 2.73. The minimum absolute atomic E-state index is 0.249. The second-order valence-corrected chi connectivity index (χ2v) is 4.41. The van der Waals surface area contributed by atoms with E-state index in [0.29, 0.717) is 25.1 Å². The van der Waals surface area contributed by atoms with E-state index in [4.69, 9.17) is 4.74 Å². The maximum Gasteiger partial charge on any atom is 0.354 e. The predicted molar refractivity (Wildman–Crippen MR) is 74.5 cm³/mol. The van der Waals surface area contributed by atoms with Crippen molar-refractivity contribution in [3.8, 4) is 0 Å². The third kappa shape index (κ3) is 2.82. The molecule has 2 aromatic rings. The SMILES string of the molecule is COC(=O)CCCn1c(C(=O)OC)cc2ccccc21. The van der Waals surface area contributed by atoms with E-state index in [1.165, 1.54) is 14.2 Å². The van der Waals surface area contributed by atoms with Crippen LogP contribution < -0.4 is 0 Å². The van der Waals surface area contributed by atoms with Crippen LogP contribution in [0.1, 0.15) is 23.3 Å². The van der Waals surface area contributed by atoms with Crippen molar-refractivity contribution >= 4 is 22.8 Å². The monoisotopic (exact) mass is 275 g/mol. The maximum absolute atomic E-state index is 11.8. The lowest BCUT2D eigenvalue weighted by Gasteiger charge is -2.09. The van der Waals surface area contributed by atoms with Gasteiger partial charge in [-0.25, -0.2) is 4.79 Å². The first-order valence-corrected chi connectivity index (χ1v) is 6.40. The molecule has 2 rings (SSSR count). The van der Waals surface area contributed by atoms with Crippen LogP contribution in [-0.4, -0.2) is 30.7 Å². The van der Waals surface area contributed by atoms with Crippen molar-refractivity contribution in [1.82, 2.24) is 4.57 Å². The third-order valence-corrected chi connectivity index (χ3v) is 3.20. The molecule has 0 aliphatic carbocycles. The van der Waals surface area contributed by atoms with Crippen LogP contribution in [0.5, 0.6) is 0 Å². The Morgan fingerprint density at radius 3 is 2.60 bits per heavy atom. The molecular weight excluding hydrogens is 258 g/mol. The third-order valence-electron chi connectivity index (χ3n) is 3.20. The number of aromatic nitrogens is 1. The van der Waals surface area contributed by atoms with Gasteiger partial charge < -0.3 is 14.0 Å². The number of para-hydroxylation sites is 1. The van der Waals surface area contributed by atoms with E-state index in [2.05, 4.69) is 4.74 Å². The molecule has 0 fully saturated rings. The fraction of sp³-hybridized carbons (Fsp3) is 0.333. The minimum atomic E-state index is -0.376. The predicted octanol–water partition coefficient (Wildman–Crippen LogP) is 2.38. The highest BCUT2D eigenvalue weighted by atomic mass is 16.5. The van der Waals surface area contributed by atoms with E-state index >= 15 is 0 Å². The molecule has 1 aromatic heterocycles. The van der Waals surface area contributed by atoms with Gasteiger partial charge in [-0.05, 0) is 18.6 Å². The first-order chi connectivity index (χ1) is 9.67. The van der Waals surface area contributed by atoms with E-state index in [1.54, 1.807) is 6.07 Å². The van der Waals surface area contributed by atoms with E-state index in [9.17, 15) is 9.59 Å². The number of nitrogens with zero attached hydrogens (tertiary/aromatic N) is 1. The number of ether oxygens (including phenoxy) is 2. The number of aryl methyl sites for hydroxylation is 1. The van der Waals surface area contributed by atoms with Crippen molar-refractivity contribution in [2.45, 2.75) is 19.4 Å². The van der Waals surface area contributed by atoms with Gasteiger partial charge in [-0.3, -0.25) is 4.79 Å². The van der Waals surface area contributed by atoms with Crippen LogP contribution in [0.3, 0.4) is 0 Å². The second kappa shape index (κ2) is 6.23. The molecule has 1 heterocycles. The van der Waals surface area contributed by atoms with Crippen molar-refractivity contribution in [3.05, 3.63) is 36.0 Å². The average molecular weight is 275 g/mol. The summed E-state index contributed by atoms with van der Waals surface area (Å²) in [5.41, 5.74) is 1.45. The Hall–Kier alpha value is -2.30. The highest BCUT2D eigenvalue weighted by Gasteiger charge is 2.15. The van der Waals surface area contributed by atoms with E-state index < -0.39 is 0 Å². The number of methoxy groups -OCH3 is 2. The summed E-state index contributed by atoms with van der Waals surface area (Å²) in [4.78, 5) is 23.0. The first kappa shape index (κ1) is 14.1. The molecular formula is C15H17NO4. The number of hydrogen-bond acceptors (Lipinski definition) is 4. The van der Waals surface area contributed by atoms with Crippen molar-refractivity contribution in [1.29, 1.82) is 0 Å². The summed E-state index contributed by atoms with van der Waals surface area (Å²) >= 11 is 0. The van der Waals surface area contributed by atoms with Crippen LogP contribution in [0, 0.1) is 0 Å². The maximum atomic E-state index is 11.8. The van der Waals surface area contributed by atoms with E-state index in [0.717, 1.165) is 10.9 Å². The Bertz CT molecular complexity index is 630. The molecule has 5 nitrogen and oxygen atoms in total. The Labute approximate surface area is 117 Å². The number of carbonyl (C=O) groups is 2. The molecule has 0 amide bonds. The van der Waals surface area contributed by atoms with Crippen LogP contribution in [-0.2, 0) is 20.8 Å². The van der Waals surface area contributed by atoms with Gasteiger partial charge in [0.2, 0.25) is 0 Å². The fourth-order valence-corrected chi connectivity index (χ4v) is 2.21. The lowest BCUT2D eigenvalue weighted by atomic mass is 10.2. The summed E-state index contributed by atoms with van der Waals surface area (Å²) in [6.45, 7) is 0.563. The van der Waals surface area contributed by atoms with Crippen molar-refractivity contribution < 1.29 is 19.1 Å². The van der Waals surface area contributed by atoms with Gasteiger partial charge in [-0.1, -0.05) is 18.2 Å². The average Bonchev–Trinajstić information content (AvgIpc) is 2.85. The lowest BCUT2D eigenvalue weighted by molar-refractivity contribution is -0.140. The quantitative estimate of drug-likeness (QED) is 0.786. The number of benzene rings is 1. The first-order valence-electron chi connectivity index (χ1n) is 6.40. The summed E-state index contributed by atoms with van der Waals surface area (Å²) < 4.78 is 11.3. The molecule has 0 bridgehead atoms. The molecule has 1 aromatic carbocycles. The van der Waals surface area contributed by atoms with Crippen molar-refractivity contribution in [2.75, 3.05) is 14.2 Å². The van der Waals surface area contributed by atoms with Gasteiger partial charge in [0.15, 0.2) is 0 Å². The highest BCUT2D eigenvalue weighted by Crippen LogP contribution is 2.21. The molecule has 0 spiro atoms. The van der Waals surface area contributed by atoms with Crippen LogP contribution in [0.15, 0.2) is 30.3 Å². The molecule has 20 heavy (non-hydrogen) atoms. The topological polar surface area (TPSA) is 57.5 Å². The van der Waals surface area contributed by atoms with Crippen LogP contribution in [0.25, 0.3) is 10.9 Å². The molecule has 0 N–H and O–H groups in total. The van der Waals surface area contributed by atoms with Crippen LogP contribution >= 0.6 is 0 Å². The van der Waals surface area contributed by atoms with Crippen molar-refractivity contribution in [3.63, 3.8) is 0 Å². The van der Waals surface area contributed by atoms with Crippen LogP contribution in [0.4, 0.5) is 0 Å². The number of hydrogen-bond donors (Lipinski definition) is 0. The summed E-state index contributed by atoms with van der Waals surface area (Å²) in [6.07, 6.45) is 0.930. The standard InChI is InChI=1S/C15H17NO4/c1-19-14(17)8-5-9-16-12-7-4-3-6-11(12)10-13(16)15(18)20-2/h3-4,6-7,10H,5,8-9H2,1-2H3. The number of esters is 2. The Kier molecular flexibility index (Phi) is 4.40. The largest absolute Gasteiger partial charge is 0.469 e. The van der Waals surface area contributed by atoms with Gasteiger partial charge in [-0.15, -0.1) is 0 Å². The molecule has 0 atom stereocenters. The van der Waals surface area contributed by atoms with E-state index in [1.807, 2.05) is 28.8 Å². The van der Waals surface area contributed by atoms with Gasteiger partial charge in [-0.2, -0.15) is 0 Å². The zero-order valence-corrected chi connectivity index (χ0v) is 11.6. The normalized spacial score (nSPS) is 10.5. The van der Waals surface area contributed by atoms with Crippen LogP contribution in [0.2, 0.25) is 0 Å². The Balaban J connectivity index is 2.28. The number of rotatable bonds is 5. The fourth-order valence-electron chi connectivity index (χ4n) is 2.21. The van der Waals surface area contributed by atoms with Gasteiger partial charge in [0.1, 0.15) is 5.69 Å². The van der Waals surface area contributed by atoms with E-state index in [-0.39, 0.29) is 11.9 Å². The second-order valence-electron chi connectivity index (χ2n) is 4.41. The molecule has 0 radical (unpaired) electrons. The Morgan fingerprint density at radius 1 is 1.15 bits per heavy atom. The summed E-state index contributed by atoms with van der Waals surface area (Å²) in [6, 6.07) is 9.53. The Morgan fingerprint density at radius 2 is 1.90 bits per heavy atom. The molecule has 0 aliphatic heterocycles. The molecule has 106 valence electrons. The van der Waals surface area contributed by atoms with Crippen molar-refractivity contribution in [2.24, 2.45) is 0 Å². The molecule has 5 heteroatoms. The zero-order chi connectivity index (χ0) is 14.5. The summed E-state index contributed by atoms with van der Waals surface area (Å²) in [5, 5.41) is 0.978. The van der Waals surface area contributed by atoms with Gasteiger partial charge in [0.25, 0.3) is 0 Å². The van der Waals surface area contributed by atoms with Gasteiger partial charge in [0, 0.05) is 23.9 Å².